The standard InChI is InChI=1S/C68H78BN3/c1-62(2,3)44-25-29-49(30-26-44)70-58-42-51(72-56-34-28-46(64(7,8)9)38-53(56)67(16)36-35-43-21-18-19-24-52(43)68(67,72)17)31-33-55(58)69-54-32-27-47(65(10,11)12)39-57(54)71(50-23-20-22-45(37-50)63(4,5)6)60-41-48(66(13,14)15)40-59(70)61(60)69/h18-34,37-42H,35-36H2,1-17H3. The molecule has 7 aromatic rings. The lowest BCUT2D eigenvalue weighted by Gasteiger charge is -2.51. The number of anilines is 8. The van der Waals surface area contributed by atoms with E-state index in [4.69, 9.17) is 0 Å². The van der Waals surface area contributed by atoms with Crippen LogP contribution in [0.4, 0.5) is 45.5 Å². The fraction of sp³-hybridized carbons (Fsp3) is 0.382. The van der Waals surface area contributed by atoms with Crippen molar-refractivity contribution in [1.29, 1.82) is 0 Å². The van der Waals surface area contributed by atoms with Gasteiger partial charge in [-0.3, -0.25) is 0 Å². The van der Waals surface area contributed by atoms with Crippen molar-refractivity contribution in [3.63, 3.8) is 0 Å². The minimum absolute atomic E-state index is 0.000649. The lowest BCUT2D eigenvalue weighted by atomic mass is 9.33. The Morgan fingerprint density at radius 1 is 0.389 bits per heavy atom. The number of hydrogen-bond acceptors (Lipinski definition) is 3. The van der Waals surface area contributed by atoms with Gasteiger partial charge in [0.25, 0.3) is 6.71 Å². The summed E-state index contributed by atoms with van der Waals surface area (Å²) in [7, 11) is 0. The van der Waals surface area contributed by atoms with Crippen LogP contribution in [0.25, 0.3) is 0 Å². The third-order valence-corrected chi connectivity index (χ3v) is 17.7. The SMILES string of the molecule is CC(C)(C)c1ccc(N2c3cc(N4c5ccc(C(C)(C)C)cc5C5(C)CCc6ccccc6C45C)ccc3B3c4ccc(C(C)(C)C)cc4N(c4cccc(C(C)(C)C)c4)c4cc(C(C)(C)C)cc2c43)cc1. The average molecular weight is 948 g/mol. The van der Waals surface area contributed by atoms with Crippen molar-refractivity contribution in [2.45, 2.75) is 169 Å². The van der Waals surface area contributed by atoms with Crippen LogP contribution in [0.2, 0.25) is 0 Å². The minimum Gasteiger partial charge on any atom is -0.330 e. The van der Waals surface area contributed by atoms with E-state index in [0.29, 0.717) is 0 Å². The van der Waals surface area contributed by atoms with Crippen molar-refractivity contribution in [2.24, 2.45) is 0 Å². The van der Waals surface area contributed by atoms with Gasteiger partial charge >= 0.3 is 0 Å². The topological polar surface area (TPSA) is 9.72 Å². The second-order valence-corrected chi connectivity index (χ2v) is 27.5. The second kappa shape index (κ2) is 15.8. The van der Waals surface area contributed by atoms with Crippen LogP contribution in [-0.2, 0) is 44.4 Å². The van der Waals surface area contributed by atoms with E-state index >= 15 is 0 Å². The van der Waals surface area contributed by atoms with Crippen molar-refractivity contribution >= 4 is 68.6 Å². The molecule has 0 saturated heterocycles. The molecule has 72 heavy (non-hydrogen) atoms. The average Bonchev–Trinajstić information content (AvgIpc) is 3.52. The predicted molar refractivity (Wildman–Crippen MR) is 312 cm³/mol. The number of benzene rings is 7. The zero-order valence-electron chi connectivity index (χ0n) is 46.6. The van der Waals surface area contributed by atoms with Gasteiger partial charge in [-0.15, -0.1) is 0 Å². The van der Waals surface area contributed by atoms with Crippen molar-refractivity contribution in [3.8, 4) is 0 Å². The quantitative estimate of drug-likeness (QED) is 0.163. The Kier molecular flexibility index (Phi) is 10.6. The van der Waals surface area contributed by atoms with E-state index in [9.17, 15) is 0 Å². The van der Waals surface area contributed by atoms with Crippen LogP contribution in [-0.4, -0.2) is 6.71 Å². The van der Waals surface area contributed by atoms with Gasteiger partial charge in [-0.05, 0) is 168 Å². The highest BCUT2D eigenvalue weighted by Gasteiger charge is 2.60. The Morgan fingerprint density at radius 2 is 0.889 bits per heavy atom. The molecule has 0 radical (unpaired) electrons. The van der Waals surface area contributed by atoms with E-state index in [-0.39, 0.29) is 44.7 Å². The molecule has 3 nitrogen and oxygen atoms in total. The summed E-state index contributed by atoms with van der Waals surface area (Å²) in [5.41, 5.74) is 24.5. The van der Waals surface area contributed by atoms with Gasteiger partial charge in [0.1, 0.15) is 0 Å². The van der Waals surface area contributed by atoms with Gasteiger partial charge in [0, 0.05) is 50.9 Å². The summed E-state index contributed by atoms with van der Waals surface area (Å²) < 4.78 is 0. The van der Waals surface area contributed by atoms with Gasteiger partial charge in [-0.25, -0.2) is 0 Å². The number of rotatable bonds is 3. The molecule has 7 aromatic carbocycles. The van der Waals surface area contributed by atoms with Gasteiger partial charge in [0.2, 0.25) is 0 Å². The first-order valence-electron chi connectivity index (χ1n) is 26.9. The summed E-state index contributed by atoms with van der Waals surface area (Å²) in [6.45, 7) is 40.3. The molecule has 0 spiro atoms. The summed E-state index contributed by atoms with van der Waals surface area (Å²) in [6.07, 6.45) is 2.16. The van der Waals surface area contributed by atoms with Crippen LogP contribution in [0.5, 0.6) is 0 Å². The van der Waals surface area contributed by atoms with Gasteiger partial charge in [0.05, 0.1) is 5.54 Å². The maximum Gasteiger partial charge on any atom is 0.252 e. The summed E-state index contributed by atoms with van der Waals surface area (Å²) in [4.78, 5) is 8.03. The fourth-order valence-electron chi connectivity index (χ4n) is 13.0. The van der Waals surface area contributed by atoms with E-state index in [1.54, 1.807) is 0 Å². The smallest absolute Gasteiger partial charge is 0.252 e. The summed E-state index contributed by atoms with van der Waals surface area (Å²) in [5.74, 6) is 0. The molecule has 1 aliphatic carbocycles. The summed E-state index contributed by atoms with van der Waals surface area (Å²) in [5, 5.41) is 0. The highest BCUT2D eigenvalue weighted by atomic mass is 15.3. The second-order valence-electron chi connectivity index (χ2n) is 27.5. The zero-order valence-corrected chi connectivity index (χ0v) is 46.6. The Hall–Kier alpha value is -6.00. The van der Waals surface area contributed by atoms with Gasteiger partial charge in [-0.1, -0.05) is 190 Å². The number of nitrogens with zero attached hydrogens (tertiary/aromatic N) is 3. The van der Waals surface area contributed by atoms with E-state index in [1.165, 1.54) is 106 Å². The zero-order chi connectivity index (χ0) is 51.5. The van der Waals surface area contributed by atoms with Crippen LogP contribution < -0.4 is 31.1 Å². The van der Waals surface area contributed by atoms with Crippen molar-refractivity contribution < 1.29 is 0 Å². The highest BCUT2D eigenvalue weighted by molar-refractivity contribution is 7.00. The molecule has 0 N–H and O–H groups in total. The third kappa shape index (κ3) is 7.27. The largest absolute Gasteiger partial charge is 0.330 e. The summed E-state index contributed by atoms with van der Waals surface area (Å²) in [6, 6.07) is 55.7. The van der Waals surface area contributed by atoms with E-state index in [1.807, 2.05) is 0 Å². The first-order valence-corrected chi connectivity index (χ1v) is 26.9. The maximum atomic E-state index is 2.76. The van der Waals surface area contributed by atoms with Gasteiger partial charge < -0.3 is 14.7 Å². The Balaban J connectivity index is 1.23. The van der Waals surface area contributed by atoms with E-state index in [2.05, 4.69) is 272 Å². The number of fused-ring (bicyclic) bond motifs is 9. The molecule has 368 valence electrons. The lowest BCUT2D eigenvalue weighted by molar-refractivity contribution is 0.245. The Morgan fingerprint density at radius 3 is 1.51 bits per heavy atom. The van der Waals surface area contributed by atoms with Crippen LogP contribution in [0, 0.1) is 0 Å². The van der Waals surface area contributed by atoms with Crippen molar-refractivity contribution in [3.05, 3.63) is 184 Å². The molecular formula is C68H78BN3. The lowest BCUT2D eigenvalue weighted by Crippen LogP contribution is -2.61. The molecule has 3 heterocycles. The Bertz CT molecular complexity index is 3320. The summed E-state index contributed by atoms with van der Waals surface area (Å²) >= 11 is 0. The van der Waals surface area contributed by atoms with Crippen LogP contribution >= 0.6 is 0 Å². The van der Waals surface area contributed by atoms with Crippen LogP contribution in [0.3, 0.4) is 0 Å². The van der Waals surface area contributed by atoms with Gasteiger partial charge in [0.15, 0.2) is 0 Å². The monoisotopic (exact) mass is 948 g/mol. The molecule has 4 aliphatic rings. The van der Waals surface area contributed by atoms with Crippen molar-refractivity contribution in [1.82, 2.24) is 0 Å². The van der Waals surface area contributed by atoms with Crippen molar-refractivity contribution in [2.75, 3.05) is 14.7 Å². The molecule has 0 amide bonds. The van der Waals surface area contributed by atoms with Crippen LogP contribution in [0.1, 0.15) is 169 Å². The molecule has 0 aromatic heterocycles. The fourth-order valence-corrected chi connectivity index (χ4v) is 13.0. The van der Waals surface area contributed by atoms with E-state index in [0.717, 1.165) is 12.8 Å². The predicted octanol–water partition coefficient (Wildman–Crippen LogP) is 16.5. The molecule has 11 rings (SSSR count). The highest BCUT2D eigenvalue weighted by Crippen LogP contribution is 2.64. The first kappa shape index (κ1) is 48.3. The van der Waals surface area contributed by atoms with Gasteiger partial charge in [-0.2, -0.15) is 0 Å². The van der Waals surface area contributed by atoms with Crippen LogP contribution in [0.15, 0.2) is 140 Å². The molecule has 2 atom stereocenters. The third-order valence-electron chi connectivity index (χ3n) is 17.7. The molecule has 0 fully saturated rings. The molecular weight excluding hydrogens is 870 g/mol. The molecule has 0 saturated carbocycles. The molecule has 3 aliphatic heterocycles. The minimum atomic E-state index is -0.337. The number of hydrogen-bond donors (Lipinski definition) is 0. The van der Waals surface area contributed by atoms with E-state index < -0.39 is 0 Å². The normalized spacial score (nSPS) is 19.3. The maximum absolute atomic E-state index is 2.76. The Labute approximate surface area is 433 Å². The molecule has 2 unspecified atom stereocenters. The first-order chi connectivity index (χ1) is 33.6. The molecule has 4 heteroatoms. The number of aryl methyl sites for hydroxylation is 1. The molecule has 0 bridgehead atoms.